The van der Waals surface area contributed by atoms with Gasteiger partial charge in [0.2, 0.25) is 17.7 Å². The summed E-state index contributed by atoms with van der Waals surface area (Å²) in [5, 5.41) is 17.2. The highest BCUT2D eigenvalue weighted by atomic mass is 16.4. The van der Waals surface area contributed by atoms with Gasteiger partial charge in [0.1, 0.15) is 6.04 Å². The van der Waals surface area contributed by atoms with Gasteiger partial charge in [0, 0.05) is 26.6 Å². The molecule has 2 fully saturated rings. The first-order valence-corrected chi connectivity index (χ1v) is 9.82. The molecule has 0 saturated carbocycles. The van der Waals surface area contributed by atoms with Crippen molar-refractivity contribution in [2.75, 3.05) is 32.7 Å². The summed E-state index contributed by atoms with van der Waals surface area (Å²) in [7, 11) is 0. The van der Waals surface area contributed by atoms with Gasteiger partial charge in [-0.15, -0.1) is 0 Å². The predicted molar refractivity (Wildman–Crippen MR) is 102 cm³/mol. The van der Waals surface area contributed by atoms with E-state index in [-0.39, 0.29) is 24.3 Å². The number of aliphatic carboxylic acids is 1. The molecule has 0 aliphatic carbocycles. The van der Waals surface area contributed by atoms with Crippen LogP contribution in [-0.2, 0) is 19.2 Å². The van der Waals surface area contributed by atoms with Crippen molar-refractivity contribution in [3.05, 3.63) is 12.2 Å². The number of carbonyl (C=O) groups excluding carboxylic acids is 3. The second kappa shape index (κ2) is 10.8. The van der Waals surface area contributed by atoms with E-state index in [0.29, 0.717) is 25.4 Å². The average molecular weight is 394 g/mol. The van der Waals surface area contributed by atoms with Crippen molar-refractivity contribution in [3.8, 4) is 0 Å². The number of piperidine rings is 2. The molecule has 2 aliphatic heterocycles. The van der Waals surface area contributed by atoms with Crippen LogP contribution in [0.3, 0.4) is 0 Å². The summed E-state index contributed by atoms with van der Waals surface area (Å²) in [4.78, 5) is 48.7. The minimum Gasteiger partial charge on any atom is -0.480 e. The molecule has 0 aromatic heterocycles. The lowest BCUT2D eigenvalue weighted by atomic mass is 9.96. The number of carboxylic acid groups (broad SMARTS) is 1. The number of likely N-dealkylation sites (tertiary alicyclic amines) is 1. The Balaban J connectivity index is 1.83. The average Bonchev–Trinajstić information content (AvgIpc) is 2.69. The molecule has 9 nitrogen and oxygen atoms in total. The third-order valence-corrected chi connectivity index (χ3v) is 5.15. The van der Waals surface area contributed by atoms with Crippen LogP contribution in [0.5, 0.6) is 0 Å². The molecule has 0 aromatic carbocycles. The summed E-state index contributed by atoms with van der Waals surface area (Å²) in [6.07, 6.45) is 7.00. The maximum Gasteiger partial charge on any atom is 0.328 e. The zero-order chi connectivity index (χ0) is 20.5. The van der Waals surface area contributed by atoms with Gasteiger partial charge in [-0.25, -0.2) is 4.79 Å². The van der Waals surface area contributed by atoms with Crippen molar-refractivity contribution in [3.63, 3.8) is 0 Å². The van der Waals surface area contributed by atoms with Gasteiger partial charge in [-0.1, -0.05) is 6.08 Å². The maximum absolute atomic E-state index is 12.5. The molecular weight excluding hydrogens is 364 g/mol. The van der Waals surface area contributed by atoms with Crippen LogP contribution in [0.2, 0.25) is 0 Å². The van der Waals surface area contributed by atoms with Crippen molar-refractivity contribution >= 4 is 23.7 Å². The monoisotopic (exact) mass is 394 g/mol. The van der Waals surface area contributed by atoms with Gasteiger partial charge in [0.05, 0.1) is 5.92 Å². The van der Waals surface area contributed by atoms with Gasteiger partial charge in [-0.05, 0) is 50.8 Å². The normalized spacial score (nSPS) is 21.9. The molecule has 2 rings (SSSR count). The van der Waals surface area contributed by atoms with Crippen LogP contribution in [0.15, 0.2) is 12.2 Å². The molecule has 9 heteroatoms. The molecule has 3 amide bonds. The molecule has 0 spiro atoms. The van der Waals surface area contributed by atoms with E-state index in [2.05, 4.69) is 16.0 Å². The molecule has 156 valence electrons. The van der Waals surface area contributed by atoms with Crippen LogP contribution >= 0.6 is 0 Å². The van der Waals surface area contributed by atoms with Gasteiger partial charge in [-0.3, -0.25) is 14.4 Å². The summed E-state index contributed by atoms with van der Waals surface area (Å²) < 4.78 is 0. The van der Waals surface area contributed by atoms with E-state index in [4.69, 9.17) is 5.11 Å². The van der Waals surface area contributed by atoms with Crippen LogP contribution in [0.25, 0.3) is 0 Å². The lowest BCUT2D eigenvalue weighted by Crippen LogP contribution is -2.50. The predicted octanol–water partition coefficient (Wildman–Crippen LogP) is -0.514. The number of amides is 3. The van der Waals surface area contributed by atoms with E-state index in [1.807, 2.05) is 6.08 Å². The Labute approximate surface area is 164 Å². The van der Waals surface area contributed by atoms with Gasteiger partial charge >= 0.3 is 5.97 Å². The summed E-state index contributed by atoms with van der Waals surface area (Å²) in [6, 6.07) is -1.17. The summed E-state index contributed by atoms with van der Waals surface area (Å²) in [5.74, 6) is -2.03. The van der Waals surface area contributed by atoms with E-state index in [1.54, 1.807) is 11.0 Å². The van der Waals surface area contributed by atoms with Crippen LogP contribution in [-0.4, -0.2) is 72.5 Å². The largest absolute Gasteiger partial charge is 0.480 e. The molecule has 2 atom stereocenters. The number of rotatable bonds is 7. The second-order valence-electron chi connectivity index (χ2n) is 7.41. The Morgan fingerprint density at radius 3 is 2.57 bits per heavy atom. The Kier molecular flexibility index (Phi) is 8.43. The Morgan fingerprint density at radius 1 is 1.21 bits per heavy atom. The minimum absolute atomic E-state index is 0.0855. The van der Waals surface area contributed by atoms with E-state index in [0.717, 1.165) is 32.4 Å². The number of hydrogen-bond acceptors (Lipinski definition) is 5. The molecule has 0 radical (unpaired) electrons. The van der Waals surface area contributed by atoms with Crippen LogP contribution < -0.4 is 16.0 Å². The molecule has 28 heavy (non-hydrogen) atoms. The highest BCUT2D eigenvalue weighted by molar-refractivity contribution is 5.89. The van der Waals surface area contributed by atoms with Crippen molar-refractivity contribution in [2.24, 2.45) is 11.8 Å². The topological polar surface area (TPSA) is 128 Å². The summed E-state index contributed by atoms with van der Waals surface area (Å²) in [6.45, 7) is 3.89. The first-order valence-electron chi connectivity index (χ1n) is 9.82. The van der Waals surface area contributed by atoms with Crippen molar-refractivity contribution < 1.29 is 24.3 Å². The van der Waals surface area contributed by atoms with Crippen LogP contribution in [0, 0.1) is 11.8 Å². The van der Waals surface area contributed by atoms with Gasteiger partial charge in [0.25, 0.3) is 0 Å². The number of carboxylic acids is 1. The fourth-order valence-electron chi connectivity index (χ4n) is 3.54. The van der Waals surface area contributed by atoms with Crippen LogP contribution in [0.4, 0.5) is 0 Å². The zero-order valence-electron chi connectivity index (χ0n) is 16.3. The summed E-state index contributed by atoms with van der Waals surface area (Å²) in [5.41, 5.74) is 0. The first kappa shape index (κ1) is 21.9. The molecule has 4 N–H and O–H groups in total. The lowest BCUT2D eigenvalue weighted by Gasteiger charge is -2.31. The second-order valence-corrected chi connectivity index (χ2v) is 7.41. The van der Waals surface area contributed by atoms with Crippen molar-refractivity contribution in [2.45, 2.75) is 38.6 Å². The van der Waals surface area contributed by atoms with Gasteiger partial charge in [0.15, 0.2) is 0 Å². The highest BCUT2D eigenvalue weighted by Crippen LogP contribution is 2.18. The molecule has 2 heterocycles. The number of nitrogens with one attached hydrogen (secondary N) is 3. The van der Waals surface area contributed by atoms with Crippen LogP contribution in [0.1, 0.15) is 32.6 Å². The quantitative estimate of drug-likeness (QED) is 0.431. The smallest absolute Gasteiger partial charge is 0.328 e. The summed E-state index contributed by atoms with van der Waals surface area (Å²) >= 11 is 0. The SMILES string of the molecule is CC(=O)NC(CNC(=O)C1CCCN(C(=O)/C=C/C2CCNCC2)C1)C(=O)O. The Hall–Kier alpha value is -2.42. The Morgan fingerprint density at radius 2 is 1.93 bits per heavy atom. The number of hydrogen-bond donors (Lipinski definition) is 4. The van der Waals surface area contributed by atoms with E-state index < -0.39 is 17.9 Å². The number of nitrogens with zero attached hydrogens (tertiary/aromatic N) is 1. The highest BCUT2D eigenvalue weighted by Gasteiger charge is 2.29. The Bertz CT molecular complexity index is 615. The van der Waals surface area contributed by atoms with Crippen molar-refractivity contribution in [1.29, 1.82) is 0 Å². The van der Waals surface area contributed by atoms with Gasteiger partial charge < -0.3 is 26.0 Å². The van der Waals surface area contributed by atoms with E-state index in [9.17, 15) is 19.2 Å². The zero-order valence-corrected chi connectivity index (χ0v) is 16.3. The fourth-order valence-corrected chi connectivity index (χ4v) is 3.54. The molecule has 0 aromatic rings. The number of carbonyl (C=O) groups is 4. The van der Waals surface area contributed by atoms with E-state index in [1.165, 1.54) is 6.92 Å². The number of allylic oxidation sites excluding steroid dienone is 1. The van der Waals surface area contributed by atoms with E-state index >= 15 is 0 Å². The third kappa shape index (κ3) is 6.95. The maximum atomic E-state index is 12.5. The fraction of sp³-hybridized carbons (Fsp3) is 0.684. The lowest BCUT2D eigenvalue weighted by molar-refractivity contribution is -0.141. The molecule has 2 aliphatic rings. The standard InChI is InChI=1S/C19H30N4O5/c1-13(24)22-16(19(27)28)11-21-18(26)15-3-2-10-23(12-15)17(25)5-4-14-6-8-20-9-7-14/h4-5,14-16,20H,2-3,6-12H2,1H3,(H,21,26)(H,22,24)(H,27,28)/b5-4+. The molecular formula is C19H30N4O5. The van der Waals surface area contributed by atoms with Crippen molar-refractivity contribution in [1.82, 2.24) is 20.9 Å². The van der Waals surface area contributed by atoms with Gasteiger partial charge in [-0.2, -0.15) is 0 Å². The molecule has 2 unspecified atom stereocenters. The first-order chi connectivity index (χ1) is 13.4. The molecule has 0 bridgehead atoms. The minimum atomic E-state index is -1.21. The third-order valence-electron chi connectivity index (χ3n) is 5.15. The molecule has 2 saturated heterocycles.